The van der Waals surface area contributed by atoms with Crippen molar-refractivity contribution in [2.24, 2.45) is 5.92 Å². The van der Waals surface area contributed by atoms with Gasteiger partial charge in [0.2, 0.25) is 27.6 Å². The van der Waals surface area contributed by atoms with Crippen LogP contribution in [0.1, 0.15) is 60.5 Å². The molecule has 1 N–H and O–H groups in total. The first-order valence-corrected chi connectivity index (χ1v) is 14.4. The molecule has 2 aliphatic rings. The number of aryl methyl sites for hydroxylation is 3. The highest BCUT2D eigenvalue weighted by atomic mass is 32.2. The normalized spacial score (nSPS) is 19.4. The third kappa shape index (κ3) is 4.79. The Morgan fingerprint density at radius 1 is 1.23 bits per heavy atom. The molecule has 0 saturated carbocycles. The summed E-state index contributed by atoms with van der Waals surface area (Å²) in [6.45, 7) is 4.37. The highest BCUT2D eigenvalue weighted by molar-refractivity contribution is 7.89. The number of amides is 1. The molecule has 1 fully saturated rings. The molecule has 1 amide bonds. The van der Waals surface area contributed by atoms with E-state index < -0.39 is 10.0 Å². The SMILES string of the molecule is CCc1nc(-c2cc(S(=O)(=O)N3CCC(C(=O)N[C@H]4CCCc5ccccc54)CC3)c(C)s2)no1. The van der Waals surface area contributed by atoms with Crippen LogP contribution in [0.4, 0.5) is 0 Å². The number of carbonyl (C=O) groups excluding carboxylic acids is 1. The Morgan fingerprint density at radius 3 is 2.74 bits per heavy atom. The van der Waals surface area contributed by atoms with E-state index >= 15 is 0 Å². The number of hydrogen-bond acceptors (Lipinski definition) is 7. The predicted octanol–water partition coefficient (Wildman–Crippen LogP) is 4.26. The summed E-state index contributed by atoms with van der Waals surface area (Å²) in [5.74, 6) is 0.784. The number of rotatable bonds is 6. The molecule has 10 heteroatoms. The molecule has 0 bridgehead atoms. The number of carbonyl (C=O) groups is 1. The molecule has 0 spiro atoms. The van der Waals surface area contributed by atoms with E-state index in [1.165, 1.54) is 26.8 Å². The van der Waals surface area contributed by atoms with Crippen molar-refractivity contribution in [3.8, 4) is 10.7 Å². The standard InChI is InChI=1S/C25H30N4O4S2/c1-3-23-27-24(28-33-23)21-15-22(16(2)34-21)35(31,32)29-13-11-18(12-14-29)25(30)26-20-10-6-8-17-7-4-5-9-19(17)20/h4-5,7,9,15,18,20H,3,6,8,10-14H2,1-2H3,(H,26,30)/t20-/m0/s1. The molecule has 5 rings (SSSR count). The van der Waals surface area contributed by atoms with Crippen LogP contribution in [0.2, 0.25) is 0 Å². The van der Waals surface area contributed by atoms with Gasteiger partial charge in [-0.25, -0.2) is 8.42 Å². The number of hydrogen-bond donors (Lipinski definition) is 1. The zero-order valence-corrected chi connectivity index (χ0v) is 21.6. The maximum absolute atomic E-state index is 13.4. The zero-order valence-electron chi connectivity index (χ0n) is 20.0. The fraction of sp³-hybridized carbons (Fsp3) is 0.480. The summed E-state index contributed by atoms with van der Waals surface area (Å²) < 4.78 is 33.5. The monoisotopic (exact) mass is 514 g/mol. The number of fused-ring (bicyclic) bond motifs is 1. The Labute approximate surface area is 209 Å². The Bertz CT molecular complexity index is 1320. The fourth-order valence-electron chi connectivity index (χ4n) is 5.02. The highest BCUT2D eigenvalue weighted by Crippen LogP contribution is 2.35. The van der Waals surface area contributed by atoms with Gasteiger partial charge in [0.1, 0.15) is 0 Å². The van der Waals surface area contributed by atoms with Gasteiger partial charge in [0.15, 0.2) is 0 Å². The molecule has 2 aromatic heterocycles. The summed E-state index contributed by atoms with van der Waals surface area (Å²) in [4.78, 5) is 19.0. The first kappa shape index (κ1) is 24.1. The number of aromatic nitrogens is 2. The van der Waals surface area contributed by atoms with Crippen LogP contribution in [0, 0.1) is 12.8 Å². The van der Waals surface area contributed by atoms with Crippen LogP contribution in [0.15, 0.2) is 39.8 Å². The van der Waals surface area contributed by atoms with Gasteiger partial charge in [-0.15, -0.1) is 11.3 Å². The van der Waals surface area contributed by atoms with Gasteiger partial charge >= 0.3 is 0 Å². The van der Waals surface area contributed by atoms with Gasteiger partial charge in [0.25, 0.3) is 0 Å². The first-order chi connectivity index (χ1) is 16.9. The minimum atomic E-state index is -3.67. The minimum absolute atomic E-state index is 0.0292. The fourth-order valence-corrected chi connectivity index (χ4v) is 7.98. The highest BCUT2D eigenvalue weighted by Gasteiger charge is 2.35. The van der Waals surface area contributed by atoms with Crippen molar-refractivity contribution in [1.82, 2.24) is 19.8 Å². The second-order valence-electron chi connectivity index (χ2n) is 9.23. The lowest BCUT2D eigenvalue weighted by Crippen LogP contribution is -2.44. The molecule has 1 saturated heterocycles. The molecule has 1 aliphatic carbocycles. The first-order valence-electron chi connectivity index (χ1n) is 12.2. The summed E-state index contributed by atoms with van der Waals surface area (Å²) >= 11 is 1.35. The summed E-state index contributed by atoms with van der Waals surface area (Å²) in [6.07, 6.45) is 4.70. The summed E-state index contributed by atoms with van der Waals surface area (Å²) in [6, 6.07) is 9.98. The van der Waals surface area contributed by atoms with Crippen molar-refractivity contribution >= 4 is 27.3 Å². The van der Waals surface area contributed by atoms with Crippen molar-refractivity contribution in [2.75, 3.05) is 13.1 Å². The van der Waals surface area contributed by atoms with Gasteiger partial charge in [-0.3, -0.25) is 4.79 Å². The molecule has 1 aromatic carbocycles. The lowest BCUT2D eigenvalue weighted by Gasteiger charge is -2.32. The molecule has 1 atom stereocenters. The molecule has 0 unspecified atom stereocenters. The Hall–Kier alpha value is -2.56. The summed E-state index contributed by atoms with van der Waals surface area (Å²) in [7, 11) is -3.67. The molecule has 3 aromatic rings. The maximum Gasteiger partial charge on any atom is 0.244 e. The number of benzene rings is 1. The number of nitrogens with one attached hydrogen (secondary N) is 1. The van der Waals surface area contributed by atoms with Crippen LogP contribution in [0.5, 0.6) is 0 Å². The van der Waals surface area contributed by atoms with Crippen LogP contribution >= 0.6 is 11.3 Å². The van der Waals surface area contributed by atoms with E-state index in [0.29, 0.717) is 53.8 Å². The molecule has 186 valence electrons. The van der Waals surface area contributed by atoms with E-state index in [9.17, 15) is 13.2 Å². The van der Waals surface area contributed by atoms with Gasteiger partial charge in [-0.2, -0.15) is 9.29 Å². The van der Waals surface area contributed by atoms with Crippen molar-refractivity contribution in [2.45, 2.75) is 63.3 Å². The average molecular weight is 515 g/mol. The van der Waals surface area contributed by atoms with Crippen molar-refractivity contribution in [1.29, 1.82) is 0 Å². The predicted molar refractivity (Wildman–Crippen MR) is 133 cm³/mol. The number of thiophene rings is 1. The molecule has 0 radical (unpaired) electrons. The number of sulfonamides is 1. The van der Waals surface area contributed by atoms with Crippen molar-refractivity contribution in [3.05, 3.63) is 52.2 Å². The smallest absolute Gasteiger partial charge is 0.244 e. The Morgan fingerprint density at radius 2 is 2.00 bits per heavy atom. The average Bonchev–Trinajstić information content (AvgIpc) is 3.51. The van der Waals surface area contributed by atoms with Gasteiger partial charge in [-0.1, -0.05) is 36.3 Å². The van der Waals surface area contributed by atoms with Crippen LogP contribution in [0.25, 0.3) is 10.7 Å². The Kier molecular flexibility index (Phi) is 6.78. The van der Waals surface area contributed by atoms with E-state index in [4.69, 9.17) is 4.52 Å². The van der Waals surface area contributed by atoms with Crippen LogP contribution in [0.3, 0.4) is 0 Å². The van der Waals surface area contributed by atoms with E-state index in [-0.39, 0.29) is 22.8 Å². The largest absolute Gasteiger partial charge is 0.349 e. The van der Waals surface area contributed by atoms with Gasteiger partial charge < -0.3 is 9.84 Å². The number of nitrogens with zero attached hydrogens (tertiary/aromatic N) is 3. The summed E-state index contributed by atoms with van der Waals surface area (Å²) in [5.41, 5.74) is 2.52. The van der Waals surface area contributed by atoms with E-state index in [2.05, 4.69) is 27.6 Å². The van der Waals surface area contributed by atoms with Crippen molar-refractivity contribution < 1.29 is 17.7 Å². The molecule has 3 heterocycles. The third-order valence-corrected chi connectivity index (χ3v) is 10.2. The van der Waals surface area contributed by atoms with E-state index in [1.807, 2.05) is 19.1 Å². The van der Waals surface area contributed by atoms with Crippen LogP contribution in [-0.2, 0) is 27.7 Å². The van der Waals surface area contributed by atoms with Crippen molar-refractivity contribution in [3.63, 3.8) is 0 Å². The molecule has 1 aliphatic heterocycles. The van der Waals surface area contributed by atoms with Gasteiger partial charge in [0, 0.05) is 30.3 Å². The van der Waals surface area contributed by atoms with Crippen LogP contribution in [-0.4, -0.2) is 41.9 Å². The molecule has 35 heavy (non-hydrogen) atoms. The third-order valence-electron chi connectivity index (χ3n) is 6.99. The topological polar surface area (TPSA) is 105 Å². The maximum atomic E-state index is 13.4. The van der Waals surface area contributed by atoms with E-state index in [1.54, 1.807) is 13.0 Å². The number of piperidine rings is 1. The lowest BCUT2D eigenvalue weighted by atomic mass is 9.87. The zero-order chi connectivity index (χ0) is 24.6. The van der Waals surface area contributed by atoms with Gasteiger partial charge in [0.05, 0.1) is 15.8 Å². The molecule has 8 nitrogen and oxygen atoms in total. The minimum Gasteiger partial charge on any atom is -0.349 e. The second kappa shape index (κ2) is 9.83. The Balaban J connectivity index is 1.24. The molecular formula is C25H30N4O4S2. The quantitative estimate of drug-likeness (QED) is 0.527. The summed E-state index contributed by atoms with van der Waals surface area (Å²) in [5, 5.41) is 7.21. The molecular weight excluding hydrogens is 484 g/mol. The second-order valence-corrected chi connectivity index (χ2v) is 12.4. The van der Waals surface area contributed by atoms with Crippen LogP contribution < -0.4 is 5.32 Å². The lowest BCUT2D eigenvalue weighted by molar-refractivity contribution is -0.127. The van der Waals surface area contributed by atoms with E-state index in [0.717, 1.165) is 19.3 Å². The van der Waals surface area contributed by atoms with Gasteiger partial charge in [-0.05, 0) is 56.2 Å².